The van der Waals surface area contributed by atoms with Crippen LogP contribution in [-0.2, 0) is 16.1 Å². The van der Waals surface area contributed by atoms with E-state index < -0.39 is 17.7 Å². The number of aliphatic hydroxyl groups is 1. The van der Waals surface area contributed by atoms with Crippen LogP contribution in [-0.4, -0.2) is 51.5 Å². The zero-order chi connectivity index (χ0) is 24.8. The second-order valence-electron chi connectivity index (χ2n) is 8.05. The fraction of sp³-hybridized carbons (Fsp3) is 0.222. The Balaban J connectivity index is 1.70. The quantitative estimate of drug-likeness (QED) is 0.207. The number of likely N-dealkylation sites (tertiary alicyclic amines) is 1. The van der Waals surface area contributed by atoms with Crippen molar-refractivity contribution in [2.75, 3.05) is 20.3 Å². The molecule has 4 rings (SSSR count). The van der Waals surface area contributed by atoms with E-state index in [-0.39, 0.29) is 11.3 Å². The van der Waals surface area contributed by atoms with Crippen LogP contribution in [0.3, 0.4) is 0 Å². The molecule has 1 aliphatic heterocycles. The van der Waals surface area contributed by atoms with Crippen molar-refractivity contribution in [1.29, 1.82) is 0 Å². The zero-order valence-electron chi connectivity index (χ0n) is 19.5. The summed E-state index contributed by atoms with van der Waals surface area (Å²) in [5.41, 5.74) is 1.14. The van der Waals surface area contributed by atoms with E-state index in [1.165, 1.54) is 4.90 Å². The van der Waals surface area contributed by atoms with Gasteiger partial charge in [-0.1, -0.05) is 24.8 Å². The van der Waals surface area contributed by atoms with Crippen molar-refractivity contribution in [3.63, 3.8) is 0 Å². The van der Waals surface area contributed by atoms with Gasteiger partial charge in [0.2, 0.25) is 0 Å². The number of carbonyl (C=O) groups is 2. The molecule has 3 aromatic rings. The maximum atomic E-state index is 13.2. The molecule has 8 nitrogen and oxygen atoms in total. The largest absolute Gasteiger partial charge is 0.507 e. The van der Waals surface area contributed by atoms with Crippen molar-refractivity contribution in [3.05, 3.63) is 96.6 Å². The van der Waals surface area contributed by atoms with E-state index in [2.05, 4.69) is 11.6 Å². The van der Waals surface area contributed by atoms with Crippen LogP contribution in [0, 0.1) is 0 Å². The van der Waals surface area contributed by atoms with Gasteiger partial charge in [-0.2, -0.15) is 0 Å². The minimum Gasteiger partial charge on any atom is -0.507 e. The lowest BCUT2D eigenvalue weighted by atomic mass is 9.95. The average Bonchev–Trinajstić information content (AvgIpc) is 3.49. The van der Waals surface area contributed by atoms with Crippen molar-refractivity contribution in [1.82, 2.24) is 14.5 Å². The lowest BCUT2D eigenvalue weighted by Gasteiger charge is -2.25. The fourth-order valence-electron chi connectivity index (χ4n) is 4.13. The summed E-state index contributed by atoms with van der Waals surface area (Å²) >= 11 is 0. The number of ether oxygens (including phenoxy) is 2. The molecule has 1 amide bonds. The molecule has 1 aliphatic rings. The molecule has 1 atom stereocenters. The van der Waals surface area contributed by atoms with Gasteiger partial charge in [-0.15, -0.1) is 0 Å². The lowest BCUT2D eigenvalue weighted by molar-refractivity contribution is -0.139. The first-order valence-electron chi connectivity index (χ1n) is 11.3. The average molecular weight is 474 g/mol. The van der Waals surface area contributed by atoms with Crippen LogP contribution in [0.5, 0.6) is 11.5 Å². The first-order chi connectivity index (χ1) is 17.0. The molecular weight excluding hydrogens is 446 g/mol. The number of imidazole rings is 1. The fourth-order valence-corrected chi connectivity index (χ4v) is 4.13. The van der Waals surface area contributed by atoms with Gasteiger partial charge in [0.15, 0.2) is 0 Å². The normalized spacial score (nSPS) is 16.9. The molecule has 1 unspecified atom stereocenters. The Kier molecular flexibility index (Phi) is 7.30. The number of aryl methyl sites for hydroxylation is 1. The van der Waals surface area contributed by atoms with Gasteiger partial charge in [0.05, 0.1) is 25.1 Å². The molecule has 2 heterocycles. The van der Waals surface area contributed by atoms with Gasteiger partial charge in [0.25, 0.3) is 11.7 Å². The number of hydrogen-bond donors (Lipinski definition) is 1. The third kappa shape index (κ3) is 5.11. The number of aliphatic hydroxyl groups excluding tert-OH is 1. The van der Waals surface area contributed by atoms with Crippen LogP contribution in [0.25, 0.3) is 5.76 Å². The highest BCUT2D eigenvalue weighted by Crippen LogP contribution is 2.40. The summed E-state index contributed by atoms with van der Waals surface area (Å²) in [6.45, 7) is 4.94. The molecule has 2 aromatic carbocycles. The van der Waals surface area contributed by atoms with Crippen molar-refractivity contribution in [2.24, 2.45) is 0 Å². The van der Waals surface area contributed by atoms with E-state index in [0.717, 1.165) is 0 Å². The standard InChI is InChI=1S/C27H27N3O5/c1-3-16-35-21-10-8-19(9-11-21)25(31)23-24(20-6-4-7-22(17-20)34-2)30(27(33)26(23)32)14-5-13-29-15-12-28-18-29/h3-4,6-12,15,17-18,24,31H,1,5,13-14,16H2,2H3/b25-23+. The number of rotatable bonds is 10. The van der Waals surface area contributed by atoms with Crippen LogP contribution in [0.4, 0.5) is 0 Å². The molecule has 180 valence electrons. The molecule has 0 spiro atoms. The Bertz CT molecular complexity index is 1230. The summed E-state index contributed by atoms with van der Waals surface area (Å²) in [7, 11) is 1.55. The van der Waals surface area contributed by atoms with E-state index >= 15 is 0 Å². The molecule has 0 bridgehead atoms. The highest BCUT2D eigenvalue weighted by Gasteiger charge is 2.45. The van der Waals surface area contributed by atoms with Crippen molar-refractivity contribution < 1.29 is 24.2 Å². The summed E-state index contributed by atoms with van der Waals surface area (Å²) < 4.78 is 12.8. The predicted molar refractivity (Wildman–Crippen MR) is 131 cm³/mol. The van der Waals surface area contributed by atoms with Gasteiger partial charge in [-0.25, -0.2) is 4.98 Å². The van der Waals surface area contributed by atoms with Crippen LogP contribution in [0.1, 0.15) is 23.6 Å². The summed E-state index contributed by atoms with van der Waals surface area (Å²) in [5, 5.41) is 11.2. The second kappa shape index (κ2) is 10.7. The Morgan fingerprint density at radius 2 is 1.94 bits per heavy atom. The molecule has 0 saturated carbocycles. The first-order valence-corrected chi connectivity index (χ1v) is 11.3. The second-order valence-corrected chi connectivity index (χ2v) is 8.05. The number of Topliss-reactive ketones (excluding diaryl/α,β-unsaturated/α-hetero) is 1. The third-order valence-corrected chi connectivity index (χ3v) is 5.82. The molecular formula is C27H27N3O5. The number of amides is 1. The molecule has 0 aliphatic carbocycles. The molecule has 35 heavy (non-hydrogen) atoms. The van der Waals surface area contributed by atoms with E-state index in [1.54, 1.807) is 68.2 Å². The topological polar surface area (TPSA) is 93.9 Å². The molecule has 1 saturated heterocycles. The Morgan fingerprint density at radius 3 is 2.63 bits per heavy atom. The molecule has 1 N–H and O–H groups in total. The van der Waals surface area contributed by atoms with Crippen LogP contribution in [0.15, 0.2) is 85.5 Å². The SMILES string of the molecule is C=CCOc1ccc(/C(O)=C2\C(=O)C(=O)N(CCCn3ccnc3)C2c2cccc(OC)c2)cc1. The smallest absolute Gasteiger partial charge is 0.295 e. The van der Waals surface area contributed by atoms with Crippen molar-refractivity contribution in [2.45, 2.75) is 19.0 Å². The number of hydrogen-bond acceptors (Lipinski definition) is 6. The Labute approximate surface area is 203 Å². The van der Waals surface area contributed by atoms with E-state index in [9.17, 15) is 14.7 Å². The molecule has 1 aromatic heterocycles. The van der Waals surface area contributed by atoms with Crippen LogP contribution in [0.2, 0.25) is 0 Å². The maximum Gasteiger partial charge on any atom is 0.295 e. The van der Waals surface area contributed by atoms with Crippen molar-refractivity contribution >= 4 is 17.4 Å². The number of benzene rings is 2. The van der Waals surface area contributed by atoms with Gasteiger partial charge >= 0.3 is 0 Å². The highest BCUT2D eigenvalue weighted by atomic mass is 16.5. The number of methoxy groups -OCH3 is 1. The molecule has 8 heteroatoms. The third-order valence-electron chi connectivity index (χ3n) is 5.82. The summed E-state index contributed by atoms with van der Waals surface area (Å²) in [6.07, 6.45) is 7.48. The lowest BCUT2D eigenvalue weighted by Crippen LogP contribution is -2.31. The minimum absolute atomic E-state index is 0.0469. The monoisotopic (exact) mass is 473 g/mol. The van der Waals surface area contributed by atoms with Gasteiger partial charge in [-0.3, -0.25) is 9.59 Å². The predicted octanol–water partition coefficient (Wildman–Crippen LogP) is 3.97. The first kappa shape index (κ1) is 23.8. The van der Waals surface area contributed by atoms with Crippen LogP contribution >= 0.6 is 0 Å². The van der Waals surface area contributed by atoms with Crippen LogP contribution < -0.4 is 9.47 Å². The summed E-state index contributed by atoms with van der Waals surface area (Å²) in [5.74, 6) is -0.398. The molecule has 1 fully saturated rings. The van der Waals surface area contributed by atoms with Crippen molar-refractivity contribution in [3.8, 4) is 11.5 Å². The number of carbonyl (C=O) groups excluding carboxylic acids is 2. The number of nitrogens with zero attached hydrogens (tertiary/aromatic N) is 3. The summed E-state index contributed by atoms with van der Waals surface area (Å²) in [4.78, 5) is 31.8. The minimum atomic E-state index is -0.746. The summed E-state index contributed by atoms with van der Waals surface area (Å²) in [6, 6.07) is 13.1. The number of aromatic nitrogens is 2. The van der Waals surface area contributed by atoms with Gasteiger partial charge in [0, 0.05) is 31.0 Å². The van der Waals surface area contributed by atoms with E-state index in [4.69, 9.17) is 9.47 Å². The Morgan fingerprint density at radius 1 is 1.14 bits per heavy atom. The van der Waals surface area contributed by atoms with E-state index in [1.807, 2.05) is 16.8 Å². The van der Waals surface area contributed by atoms with E-state index in [0.29, 0.717) is 48.7 Å². The number of ketones is 1. The van der Waals surface area contributed by atoms with Gasteiger partial charge in [-0.05, 0) is 48.4 Å². The highest BCUT2D eigenvalue weighted by molar-refractivity contribution is 6.46. The molecule has 0 radical (unpaired) electrons. The Hall–Kier alpha value is -4.33. The van der Waals surface area contributed by atoms with Gasteiger partial charge < -0.3 is 24.0 Å². The zero-order valence-corrected chi connectivity index (χ0v) is 19.5. The van der Waals surface area contributed by atoms with Gasteiger partial charge in [0.1, 0.15) is 23.9 Å². The maximum absolute atomic E-state index is 13.2.